The Bertz CT molecular complexity index is 739. The minimum atomic E-state index is -0.152. The summed E-state index contributed by atoms with van der Waals surface area (Å²) in [6.07, 6.45) is 3.55. The third-order valence-corrected chi connectivity index (χ3v) is 4.40. The first-order valence-electron chi connectivity index (χ1n) is 8.41. The van der Waals surface area contributed by atoms with Crippen molar-refractivity contribution in [3.63, 3.8) is 0 Å². The number of amides is 2. The zero-order chi connectivity index (χ0) is 17.1. The van der Waals surface area contributed by atoms with Gasteiger partial charge in [0, 0.05) is 25.2 Å². The Labute approximate surface area is 141 Å². The topological polar surface area (TPSA) is 79.6 Å². The van der Waals surface area contributed by atoms with Crippen molar-refractivity contribution in [1.82, 2.24) is 24.8 Å². The van der Waals surface area contributed by atoms with E-state index in [4.69, 9.17) is 0 Å². The predicted molar refractivity (Wildman–Crippen MR) is 89.0 cm³/mol. The molecule has 1 aliphatic heterocycles. The fourth-order valence-electron chi connectivity index (χ4n) is 3.08. The van der Waals surface area contributed by atoms with Crippen LogP contribution in [0.5, 0.6) is 0 Å². The van der Waals surface area contributed by atoms with Crippen LogP contribution in [0, 0.1) is 11.8 Å². The highest BCUT2D eigenvalue weighted by molar-refractivity contribution is 5.82. The third-order valence-electron chi connectivity index (χ3n) is 4.40. The average molecular weight is 329 g/mol. The van der Waals surface area contributed by atoms with Crippen LogP contribution < -0.4 is 5.32 Å². The fraction of sp³-hybridized carbons (Fsp3) is 0.529. The van der Waals surface area contributed by atoms with Gasteiger partial charge in [0.1, 0.15) is 0 Å². The molecule has 1 atom stereocenters. The number of pyridine rings is 1. The van der Waals surface area contributed by atoms with E-state index in [0.717, 1.165) is 25.0 Å². The molecule has 3 rings (SSSR count). The molecule has 24 heavy (non-hydrogen) atoms. The maximum atomic E-state index is 12.5. The molecule has 2 aromatic heterocycles. The van der Waals surface area contributed by atoms with Gasteiger partial charge in [0.25, 0.3) is 0 Å². The second-order valence-electron chi connectivity index (χ2n) is 6.54. The van der Waals surface area contributed by atoms with Crippen LogP contribution in [0.4, 0.5) is 0 Å². The zero-order valence-corrected chi connectivity index (χ0v) is 14.1. The molecule has 0 spiro atoms. The van der Waals surface area contributed by atoms with E-state index in [1.54, 1.807) is 0 Å². The lowest BCUT2D eigenvalue weighted by molar-refractivity contribution is -0.138. The summed E-state index contributed by atoms with van der Waals surface area (Å²) in [4.78, 5) is 26.4. The van der Waals surface area contributed by atoms with Crippen molar-refractivity contribution in [3.8, 4) is 0 Å². The maximum absolute atomic E-state index is 12.5. The highest BCUT2D eigenvalue weighted by atomic mass is 16.2. The molecule has 0 unspecified atom stereocenters. The highest BCUT2D eigenvalue weighted by Crippen LogP contribution is 2.18. The van der Waals surface area contributed by atoms with Crippen LogP contribution in [-0.2, 0) is 16.1 Å². The summed E-state index contributed by atoms with van der Waals surface area (Å²) in [5.41, 5.74) is 0.758. The lowest BCUT2D eigenvalue weighted by Gasteiger charge is -2.33. The molecule has 0 saturated carbocycles. The molecule has 1 fully saturated rings. The van der Waals surface area contributed by atoms with Crippen LogP contribution in [0.25, 0.3) is 5.65 Å². The molecule has 128 valence electrons. The highest BCUT2D eigenvalue weighted by Gasteiger charge is 2.29. The van der Waals surface area contributed by atoms with Crippen molar-refractivity contribution in [2.45, 2.75) is 33.2 Å². The number of likely N-dealkylation sites (tertiary alicyclic amines) is 1. The lowest BCUT2D eigenvalue weighted by Crippen LogP contribution is -2.46. The van der Waals surface area contributed by atoms with Crippen molar-refractivity contribution < 1.29 is 9.59 Å². The van der Waals surface area contributed by atoms with E-state index in [0.29, 0.717) is 18.9 Å². The first kappa shape index (κ1) is 16.4. The summed E-state index contributed by atoms with van der Waals surface area (Å²) in [7, 11) is 0. The number of carbonyl (C=O) groups excluding carboxylic acids is 2. The lowest BCUT2D eigenvalue weighted by atomic mass is 9.96. The first-order valence-corrected chi connectivity index (χ1v) is 8.41. The Hall–Kier alpha value is -2.44. The van der Waals surface area contributed by atoms with Crippen LogP contribution in [0.1, 0.15) is 32.5 Å². The Morgan fingerprint density at radius 3 is 2.96 bits per heavy atom. The third kappa shape index (κ3) is 3.39. The normalized spacial score (nSPS) is 18.1. The van der Waals surface area contributed by atoms with E-state index in [-0.39, 0.29) is 23.7 Å². The van der Waals surface area contributed by atoms with E-state index in [2.05, 4.69) is 15.5 Å². The fourth-order valence-corrected chi connectivity index (χ4v) is 3.08. The summed E-state index contributed by atoms with van der Waals surface area (Å²) in [6.45, 7) is 5.36. The van der Waals surface area contributed by atoms with Gasteiger partial charge >= 0.3 is 0 Å². The molecule has 0 bridgehead atoms. The molecule has 1 aliphatic rings. The number of nitrogens with one attached hydrogen (secondary N) is 1. The summed E-state index contributed by atoms with van der Waals surface area (Å²) in [5.74, 6) is 0.611. The summed E-state index contributed by atoms with van der Waals surface area (Å²) >= 11 is 0. The van der Waals surface area contributed by atoms with E-state index in [1.165, 1.54) is 0 Å². The standard InChI is InChI=1S/C17H23N5O2/c1-12(2)17(24)21-8-5-6-13(11-21)16(23)18-10-15-20-19-14-7-3-4-9-22(14)15/h3-4,7,9,12-13H,5-6,8,10-11H2,1-2H3,(H,18,23)/t13-/m1/s1. The maximum Gasteiger partial charge on any atom is 0.225 e. The molecule has 2 amide bonds. The quantitative estimate of drug-likeness (QED) is 0.915. The molecule has 0 aliphatic carbocycles. The van der Waals surface area contributed by atoms with E-state index < -0.39 is 0 Å². The molecule has 0 radical (unpaired) electrons. The molecule has 1 N–H and O–H groups in total. The van der Waals surface area contributed by atoms with Crippen LogP contribution in [0.15, 0.2) is 24.4 Å². The van der Waals surface area contributed by atoms with Gasteiger partial charge in [-0.15, -0.1) is 10.2 Å². The van der Waals surface area contributed by atoms with Crippen molar-refractivity contribution in [3.05, 3.63) is 30.2 Å². The average Bonchev–Trinajstić information content (AvgIpc) is 3.02. The van der Waals surface area contributed by atoms with Crippen LogP contribution in [0.2, 0.25) is 0 Å². The first-order chi connectivity index (χ1) is 11.6. The zero-order valence-electron chi connectivity index (χ0n) is 14.1. The summed E-state index contributed by atoms with van der Waals surface area (Å²) < 4.78 is 1.86. The number of nitrogens with zero attached hydrogens (tertiary/aromatic N) is 4. The largest absolute Gasteiger partial charge is 0.348 e. The molecule has 2 aromatic rings. The minimum absolute atomic E-state index is 0.0241. The molecule has 1 saturated heterocycles. The molecular formula is C17H23N5O2. The minimum Gasteiger partial charge on any atom is -0.348 e. The van der Waals surface area contributed by atoms with Gasteiger partial charge in [0.2, 0.25) is 11.8 Å². The van der Waals surface area contributed by atoms with Crippen molar-refractivity contribution in [1.29, 1.82) is 0 Å². The van der Waals surface area contributed by atoms with Gasteiger partial charge in [-0.25, -0.2) is 0 Å². The SMILES string of the molecule is CC(C)C(=O)N1CCC[C@@H](C(=O)NCc2nnc3ccccn23)C1. The van der Waals surface area contributed by atoms with Gasteiger partial charge in [-0.2, -0.15) is 0 Å². The van der Waals surface area contributed by atoms with Crippen LogP contribution >= 0.6 is 0 Å². The molecular weight excluding hydrogens is 306 g/mol. The molecule has 3 heterocycles. The van der Waals surface area contributed by atoms with Crippen molar-refractivity contribution in [2.75, 3.05) is 13.1 Å². The molecule has 7 heteroatoms. The number of carbonyl (C=O) groups is 2. The number of aromatic nitrogens is 3. The van der Waals surface area contributed by atoms with Crippen LogP contribution in [0.3, 0.4) is 0 Å². The van der Waals surface area contributed by atoms with Gasteiger partial charge in [-0.05, 0) is 25.0 Å². The Morgan fingerprint density at radius 2 is 2.17 bits per heavy atom. The Kier molecular flexibility index (Phi) is 4.78. The Morgan fingerprint density at radius 1 is 1.33 bits per heavy atom. The molecule has 7 nitrogen and oxygen atoms in total. The predicted octanol–water partition coefficient (Wildman–Crippen LogP) is 1.24. The monoisotopic (exact) mass is 329 g/mol. The summed E-state index contributed by atoms with van der Waals surface area (Å²) in [6, 6.07) is 5.67. The number of piperidine rings is 1. The van der Waals surface area contributed by atoms with Gasteiger partial charge < -0.3 is 10.2 Å². The van der Waals surface area contributed by atoms with Gasteiger partial charge in [0.05, 0.1) is 12.5 Å². The van der Waals surface area contributed by atoms with Gasteiger partial charge in [-0.1, -0.05) is 19.9 Å². The second kappa shape index (κ2) is 6.98. The molecule has 0 aromatic carbocycles. The Balaban J connectivity index is 1.59. The van der Waals surface area contributed by atoms with Crippen molar-refractivity contribution >= 4 is 17.5 Å². The smallest absolute Gasteiger partial charge is 0.225 e. The van der Waals surface area contributed by atoms with Gasteiger partial charge in [-0.3, -0.25) is 14.0 Å². The summed E-state index contributed by atoms with van der Waals surface area (Å²) in [5, 5.41) is 11.1. The number of fused-ring (bicyclic) bond motifs is 1. The van der Waals surface area contributed by atoms with Gasteiger partial charge in [0.15, 0.2) is 11.5 Å². The van der Waals surface area contributed by atoms with Crippen molar-refractivity contribution in [2.24, 2.45) is 11.8 Å². The number of hydrogen-bond acceptors (Lipinski definition) is 4. The van der Waals surface area contributed by atoms with E-state index in [1.807, 2.05) is 47.5 Å². The number of rotatable bonds is 4. The van der Waals surface area contributed by atoms with E-state index in [9.17, 15) is 9.59 Å². The number of hydrogen-bond donors (Lipinski definition) is 1. The second-order valence-corrected chi connectivity index (χ2v) is 6.54. The van der Waals surface area contributed by atoms with E-state index >= 15 is 0 Å². The van der Waals surface area contributed by atoms with Crippen LogP contribution in [-0.4, -0.2) is 44.4 Å².